The van der Waals surface area contributed by atoms with E-state index in [0.29, 0.717) is 29.1 Å². The molecule has 4 rings (SSSR count). The Balaban J connectivity index is 1.89. The van der Waals surface area contributed by atoms with Gasteiger partial charge >= 0.3 is 0 Å². The van der Waals surface area contributed by atoms with Gasteiger partial charge in [-0.1, -0.05) is 0 Å². The number of nitrogens with one attached hydrogen (secondary N) is 2. The fraction of sp³-hybridized carbons (Fsp3) is 0.167. The molecular formula is C18H15FN4O2S. The van der Waals surface area contributed by atoms with Crippen molar-refractivity contribution in [2.24, 2.45) is 0 Å². The lowest BCUT2D eigenvalue weighted by molar-refractivity contribution is 0.631. The number of fused-ring (bicyclic) bond motifs is 2. The number of aromatic amines is 1. The molecule has 0 saturated carbocycles. The summed E-state index contributed by atoms with van der Waals surface area (Å²) in [5.74, 6) is -0.530. The van der Waals surface area contributed by atoms with Gasteiger partial charge in [0.2, 0.25) is 5.43 Å². The van der Waals surface area contributed by atoms with Crippen LogP contribution in [0.15, 0.2) is 46.2 Å². The molecule has 8 heteroatoms. The van der Waals surface area contributed by atoms with Crippen molar-refractivity contribution in [3.05, 3.63) is 68.6 Å². The first-order chi connectivity index (χ1) is 12.6. The van der Waals surface area contributed by atoms with E-state index in [1.807, 2.05) is 23.6 Å². The molecule has 0 spiro atoms. The van der Waals surface area contributed by atoms with Crippen molar-refractivity contribution in [3.63, 3.8) is 0 Å². The summed E-state index contributed by atoms with van der Waals surface area (Å²) >= 11 is 1.12. The Bertz CT molecular complexity index is 1230. The molecule has 3 aromatic heterocycles. The van der Waals surface area contributed by atoms with Crippen molar-refractivity contribution in [1.82, 2.24) is 13.9 Å². The number of pyridine rings is 2. The lowest BCUT2D eigenvalue weighted by Crippen LogP contribution is -2.16. The predicted molar refractivity (Wildman–Crippen MR) is 101 cm³/mol. The fourth-order valence-corrected chi connectivity index (χ4v) is 3.96. The number of anilines is 1. The molecule has 26 heavy (non-hydrogen) atoms. The lowest BCUT2D eigenvalue weighted by Gasteiger charge is -2.13. The summed E-state index contributed by atoms with van der Waals surface area (Å²) in [6.45, 7) is 2.90. The van der Waals surface area contributed by atoms with Crippen molar-refractivity contribution in [2.45, 2.75) is 20.0 Å². The molecule has 0 atom stereocenters. The molecule has 4 aromatic rings. The van der Waals surface area contributed by atoms with Crippen LogP contribution in [-0.4, -0.2) is 13.9 Å². The Morgan fingerprint density at radius 2 is 2.04 bits per heavy atom. The van der Waals surface area contributed by atoms with Crippen LogP contribution in [0.1, 0.15) is 12.5 Å². The van der Waals surface area contributed by atoms with E-state index in [4.69, 9.17) is 0 Å². The average Bonchev–Trinajstić information content (AvgIpc) is 3.04. The van der Waals surface area contributed by atoms with E-state index < -0.39 is 16.8 Å². The van der Waals surface area contributed by atoms with Crippen LogP contribution in [0, 0.1) is 5.82 Å². The van der Waals surface area contributed by atoms with Crippen molar-refractivity contribution >= 4 is 38.3 Å². The maximum atomic E-state index is 14.6. The Morgan fingerprint density at radius 3 is 2.77 bits per heavy atom. The molecule has 0 unspecified atom stereocenters. The third-order valence-corrected chi connectivity index (χ3v) is 5.23. The molecule has 0 fully saturated rings. The van der Waals surface area contributed by atoms with Gasteiger partial charge in [0, 0.05) is 30.9 Å². The van der Waals surface area contributed by atoms with E-state index >= 15 is 0 Å². The Hall–Kier alpha value is -3.00. The van der Waals surface area contributed by atoms with Crippen LogP contribution in [0.4, 0.5) is 10.1 Å². The summed E-state index contributed by atoms with van der Waals surface area (Å²) in [6, 6.07) is 6.51. The summed E-state index contributed by atoms with van der Waals surface area (Å²) in [5, 5.41) is 3.35. The molecule has 132 valence electrons. The Morgan fingerprint density at radius 1 is 1.27 bits per heavy atom. The topological polar surface area (TPSA) is 79.8 Å². The SMILES string of the molecule is CCn1c2cc(NCc3ccncc3)c(F)cc2c(=O)c2c(=O)[nH]sc21. The van der Waals surface area contributed by atoms with Gasteiger partial charge in [-0.15, -0.1) is 0 Å². The highest BCUT2D eigenvalue weighted by atomic mass is 32.1. The molecule has 0 aliphatic rings. The average molecular weight is 370 g/mol. The highest BCUT2D eigenvalue weighted by molar-refractivity contribution is 7.12. The van der Waals surface area contributed by atoms with E-state index in [1.165, 1.54) is 6.07 Å². The maximum absolute atomic E-state index is 14.6. The first-order valence-corrected chi connectivity index (χ1v) is 8.91. The molecular weight excluding hydrogens is 355 g/mol. The van der Waals surface area contributed by atoms with Crippen LogP contribution in [-0.2, 0) is 13.1 Å². The molecule has 2 N–H and O–H groups in total. The van der Waals surface area contributed by atoms with Crippen molar-refractivity contribution in [1.29, 1.82) is 0 Å². The van der Waals surface area contributed by atoms with E-state index in [-0.39, 0.29) is 10.8 Å². The smallest absolute Gasteiger partial charge is 0.271 e. The van der Waals surface area contributed by atoms with Crippen LogP contribution in [0.5, 0.6) is 0 Å². The molecule has 0 radical (unpaired) electrons. The number of aromatic nitrogens is 3. The minimum absolute atomic E-state index is 0.0845. The number of aryl methyl sites for hydroxylation is 1. The number of halogens is 1. The number of benzene rings is 1. The minimum atomic E-state index is -0.530. The maximum Gasteiger partial charge on any atom is 0.271 e. The summed E-state index contributed by atoms with van der Waals surface area (Å²) in [4.78, 5) is 29.1. The van der Waals surface area contributed by atoms with Gasteiger partial charge in [-0.3, -0.25) is 18.9 Å². The highest BCUT2D eigenvalue weighted by Crippen LogP contribution is 2.25. The van der Waals surface area contributed by atoms with E-state index in [1.54, 1.807) is 18.5 Å². The van der Waals surface area contributed by atoms with Gasteiger partial charge < -0.3 is 9.88 Å². The fourth-order valence-electron chi connectivity index (χ4n) is 3.04. The second-order valence-electron chi connectivity index (χ2n) is 5.85. The second-order valence-corrected chi connectivity index (χ2v) is 6.64. The third-order valence-electron chi connectivity index (χ3n) is 4.32. The van der Waals surface area contributed by atoms with Crippen LogP contribution in [0.2, 0.25) is 0 Å². The summed E-state index contributed by atoms with van der Waals surface area (Å²) < 4.78 is 19.0. The highest BCUT2D eigenvalue weighted by Gasteiger charge is 2.17. The lowest BCUT2D eigenvalue weighted by atomic mass is 10.1. The van der Waals surface area contributed by atoms with Gasteiger partial charge in [0.1, 0.15) is 16.0 Å². The van der Waals surface area contributed by atoms with Gasteiger partial charge in [0.05, 0.1) is 11.2 Å². The van der Waals surface area contributed by atoms with Crippen LogP contribution < -0.4 is 16.3 Å². The van der Waals surface area contributed by atoms with Crippen LogP contribution in [0.3, 0.4) is 0 Å². The Labute approximate surface area is 151 Å². The third kappa shape index (κ3) is 2.59. The normalized spacial score (nSPS) is 11.3. The quantitative estimate of drug-likeness (QED) is 0.579. The number of nitrogens with zero attached hydrogens (tertiary/aromatic N) is 2. The largest absolute Gasteiger partial charge is 0.379 e. The van der Waals surface area contributed by atoms with Gasteiger partial charge in [-0.2, -0.15) is 0 Å². The molecule has 6 nitrogen and oxygen atoms in total. The molecule has 1 aromatic carbocycles. The molecule has 0 saturated heterocycles. The van der Waals surface area contributed by atoms with Crippen LogP contribution in [0.25, 0.3) is 21.1 Å². The minimum Gasteiger partial charge on any atom is -0.379 e. The Kier molecular flexibility index (Phi) is 4.04. The monoisotopic (exact) mass is 370 g/mol. The zero-order valence-corrected chi connectivity index (χ0v) is 14.7. The predicted octanol–water partition coefficient (Wildman–Crippen LogP) is 3.07. The van der Waals surface area contributed by atoms with E-state index in [2.05, 4.69) is 14.7 Å². The first kappa shape index (κ1) is 16.5. The van der Waals surface area contributed by atoms with Gasteiger partial charge in [0.15, 0.2) is 0 Å². The van der Waals surface area contributed by atoms with E-state index in [0.717, 1.165) is 17.1 Å². The van der Waals surface area contributed by atoms with Gasteiger partial charge in [-0.25, -0.2) is 4.39 Å². The molecule has 3 heterocycles. The molecule has 0 aliphatic heterocycles. The van der Waals surface area contributed by atoms with Gasteiger partial charge in [0.25, 0.3) is 5.56 Å². The zero-order valence-electron chi connectivity index (χ0n) is 13.9. The standard InChI is InChI=1S/C18H15FN4O2S/c1-2-23-14-8-13(21-9-10-3-5-20-6-4-10)12(19)7-11(14)16(24)15-17(25)22-26-18(15)23/h3-8,21H,2,9H2,1H3,(H,22,25). The van der Waals surface area contributed by atoms with E-state index in [9.17, 15) is 14.0 Å². The molecule has 0 bridgehead atoms. The summed E-state index contributed by atoms with van der Waals surface area (Å²) in [6.07, 6.45) is 3.35. The van der Waals surface area contributed by atoms with Gasteiger partial charge in [-0.05, 0) is 48.3 Å². The van der Waals surface area contributed by atoms with Crippen molar-refractivity contribution in [2.75, 3.05) is 5.32 Å². The number of H-pyrrole nitrogens is 1. The molecule has 0 amide bonds. The molecule has 0 aliphatic carbocycles. The van der Waals surface area contributed by atoms with Crippen molar-refractivity contribution < 1.29 is 4.39 Å². The summed E-state index contributed by atoms with van der Waals surface area (Å²) in [7, 11) is 0. The van der Waals surface area contributed by atoms with Crippen molar-refractivity contribution in [3.8, 4) is 0 Å². The number of hydrogen-bond acceptors (Lipinski definition) is 5. The first-order valence-electron chi connectivity index (χ1n) is 8.10. The number of rotatable bonds is 4. The summed E-state index contributed by atoms with van der Waals surface area (Å²) in [5.41, 5.74) is 0.991. The van der Waals surface area contributed by atoms with Crippen LogP contribution >= 0.6 is 11.5 Å². The number of hydrogen-bond donors (Lipinski definition) is 2. The second kappa shape index (κ2) is 6.38. The zero-order chi connectivity index (χ0) is 18.3.